The van der Waals surface area contributed by atoms with E-state index < -0.39 is 17.7 Å². The largest absolute Gasteiger partial charge is 0.481 e. The normalized spacial score (nSPS) is 12.1. The Morgan fingerprint density at radius 2 is 1.42 bits per heavy atom. The molecule has 0 saturated carbocycles. The SMILES string of the molecule is O=C(O)[C@@H](Cc1ccc(F)cc1)c1ccc(F)cc1. The summed E-state index contributed by atoms with van der Waals surface area (Å²) in [4.78, 5) is 11.3. The summed E-state index contributed by atoms with van der Waals surface area (Å²) < 4.78 is 25.6. The van der Waals surface area contributed by atoms with E-state index in [1.165, 1.54) is 36.4 Å². The molecule has 2 aromatic rings. The number of carbonyl (C=O) groups is 1. The molecular weight excluding hydrogens is 250 g/mol. The summed E-state index contributed by atoms with van der Waals surface area (Å²) in [6.07, 6.45) is 0.237. The highest BCUT2D eigenvalue weighted by Crippen LogP contribution is 2.22. The van der Waals surface area contributed by atoms with Crippen LogP contribution in [0.25, 0.3) is 0 Å². The summed E-state index contributed by atoms with van der Waals surface area (Å²) in [7, 11) is 0. The van der Waals surface area contributed by atoms with Crippen LogP contribution in [0.5, 0.6) is 0 Å². The third-order valence-corrected chi connectivity index (χ3v) is 2.92. The lowest BCUT2D eigenvalue weighted by Gasteiger charge is -2.12. The zero-order valence-electron chi connectivity index (χ0n) is 10.0. The van der Waals surface area contributed by atoms with Crippen molar-refractivity contribution in [3.63, 3.8) is 0 Å². The Labute approximate surface area is 109 Å². The van der Waals surface area contributed by atoms with E-state index in [-0.39, 0.29) is 12.2 Å². The molecule has 0 radical (unpaired) electrons. The van der Waals surface area contributed by atoms with E-state index in [1.807, 2.05) is 0 Å². The molecule has 19 heavy (non-hydrogen) atoms. The van der Waals surface area contributed by atoms with Gasteiger partial charge in [0.1, 0.15) is 11.6 Å². The first-order valence-electron chi connectivity index (χ1n) is 5.79. The molecule has 0 heterocycles. The van der Waals surface area contributed by atoms with Gasteiger partial charge in [-0.3, -0.25) is 4.79 Å². The van der Waals surface area contributed by atoms with Gasteiger partial charge in [0.2, 0.25) is 0 Å². The number of halogens is 2. The third-order valence-electron chi connectivity index (χ3n) is 2.92. The van der Waals surface area contributed by atoms with Crippen LogP contribution in [0, 0.1) is 11.6 Å². The Kier molecular flexibility index (Phi) is 3.90. The summed E-state index contributed by atoms with van der Waals surface area (Å²) in [5.74, 6) is -2.53. The van der Waals surface area contributed by atoms with E-state index in [0.29, 0.717) is 5.56 Å². The van der Waals surface area contributed by atoms with Crippen LogP contribution in [0.3, 0.4) is 0 Å². The average molecular weight is 262 g/mol. The maximum atomic E-state index is 12.8. The van der Waals surface area contributed by atoms with E-state index >= 15 is 0 Å². The second kappa shape index (κ2) is 5.61. The van der Waals surface area contributed by atoms with Gasteiger partial charge in [0.25, 0.3) is 0 Å². The van der Waals surface area contributed by atoms with E-state index in [9.17, 15) is 18.7 Å². The van der Waals surface area contributed by atoms with Gasteiger partial charge in [0.15, 0.2) is 0 Å². The lowest BCUT2D eigenvalue weighted by Crippen LogP contribution is -2.14. The molecule has 1 N–H and O–H groups in total. The Bertz CT molecular complexity index is 562. The molecule has 0 unspecified atom stereocenters. The monoisotopic (exact) mass is 262 g/mol. The van der Waals surface area contributed by atoms with E-state index in [0.717, 1.165) is 5.56 Å². The van der Waals surface area contributed by atoms with Crippen molar-refractivity contribution in [1.29, 1.82) is 0 Å². The first-order valence-corrected chi connectivity index (χ1v) is 5.79. The quantitative estimate of drug-likeness (QED) is 0.917. The number of carboxylic acids is 1. The molecule has 4 heteroatoms. The molecule has 0 aromatic heterocycles. The van der Waals surface area contributed by atoms with Crippen LogP contribution in [0.2, 0.25) is 0 Å². The highest BCUT2D eigenvalue weighted by Gasteiger charge is 2.20. The fourth-order valence-corrected chi connectivity index (χ4v) is 1.90. The molecule has 2 nitrogen and oxygen atoms in total. The smallest absolute Gasteiger partial charge is 0.311 e. The molecule has 0 aliphatic heterocycles. The Hall–Kier alpha value is -2.23. The molecule has 0 aliphatic rings. The summed E-state index contributed by atoms with van der Waals surface area (Å²) >= 11 is 0. The number of hydrogen-bond acceptors (Lipinski definition) is 1. The van der Waals surface area contributed by atoms with Gasteiger partial charge in [-0.15, -0.1) is 0 Å². The molecule has 2 aromatic carbocycles. The van der Waals surface area contributed by atoms with Crippen LogP contribution in [-0.2, 0) is 11.2 Å². The summed E-state index contributed by atoms with van der Waals surface area (Å²) in [5.41, 5.74) is 1.25. The minimum Gasteiger partial charge on any atom is -0.481 e. The maximum Gasteiger partial charge on any atom is 0.311 e. The number of carboxylic acid groups (broad SMARTS) is 1. The predicted octanol–water partition coefficient (Wildman–Crippen LogP) is 3.38. The van der Waals surface area contributed by atoms with Gasteiger partial charge >= 0.3 is 5.97 Å². The topological polar surface area (TPSA) is 37.3 Å². The molecule has 0 saturated heterocycles. The maximum absolute atomic E-state index is 12.8. The van der Waals surface area contributed by atoms with E-state index in [1.54, 1.807) is 12.1 Å². The van der Waals surface area contributed by atoms with Gasteiger partial charge in [-0.1, -0.05) is 24.3 Å². The third kappa shape index (κ3) is 3.37. The molecule has 0 fully saturated rings. The van der Waals surface area contributed by atoms with Crippen LogP contribution >= 0.6 is 0 Å². The molecule has 1 atom stereocenters. The second-order valence-electron chi connectivity index (χ2n) is 4.27. The minimum absolute atomic E-state index is 0.237. The first kappa shape index (κ1) is 13.2. The van der Waals surface area contributed by atoms with Crippen molar-refractivity contribution in [3.8, 4) is 0 Å². The number of rotatable bonds is 4. The van der Waals surface area contributed by atoms with Crippen molar-refractivity contribution in [2.45, 2.75) is 12.3 Å². The van der Waals surface area contributed by atoms with Gasteiger partial charge in [-0.2, -0.15) is 0 Å². The molecule has 0 aliphatic carbocycles. The zero-order chi connectivity index (χ0) is 13.8. The Morgan fingerprint density at radius 3 is 1.89 bits per heavy atom. The summed E-state index contributed by atoms with van der Waals surface area (Å²) in [6, 6.07) is 11.1. The minimum atomic E-state index is -0.990. The highest BCUT2D eigenvalue weighted by atomic mass is 19.1. The predicted molar refractivity (Wildman–Crippen MR) is 66.9 cm³/mol. The van der Waals surface area contributed by atoms with E-state index in [2.05, 4.69) is 0 Å². The zero-order valence-corrected chi connectivity index (χ0v) is 10.0. The van der Waals surface area contributed by atoms with Gasteiger partial charge in [-0.05, 0) is 41.8 Å². The molecule has 98 valence electrons. The Balaban J connectivity index is 2.23. The molecule has 0 spiro atoms. The van der Waals surface area contributed by atoms with Crippen LogP contribution < -0.4 is 0 Å². The summed E-state index contributed by atoms with van der Waals surface area (Å²) in [6.45, 7) is 0. The second-order valence-corrected chi connectivity index (χ2v) is 4.27. The number of benzene rings is 2. The van der Waals surface area contributed by atoms with Crippen LogP contribution in [0.4, 0.5) is 8.78 Å². The van der Waals surface area contributed by atoms with Gasteiger partial charge in [0.05, 0.1) is 5.92 Å². The lowest BCUT2D eigenvalue weighted by molar-refractivity contribution is -0.138. The van der Waals surface area contributed by atoms with Crippen molar-refractivity contribution < 1.29 is 18.7 Å². The number of aliphatic carboxylic acids is 1. The molecule has 0 amide bonds. The molecule has 2 rings (SSSR count). The van der Waals surface area contributed by atoms with Gasteiger partial charge in [0, 0.05) is 0 Å². The van der Waals surface area contributed by atoms with Crippen LogP contribution in [0.1, 0.15) is 17.0 Å². The van der Waals surface area contributed by atoms with Crippen LogP contribution in [0.15, 0.2) is 48.5 Å². The van der Waals surface area contributed by atoms with Crippen molar-refractivity contribution >= 4 is 5.97 Å². The molecule has 0 bridgehead atoms. The van der Waals surface area contributed by atoms with Crippen molar-refractivity contribution in [1.82, 2.24) is 0 Å². The first-order chi connectivity index (χ1) is 9.06. The van der Waals surface area contributed by atoms with E-state index in [4.69, 9.17) is 0 Å². The average Bonchev–Trinajstić information content (AvgIpc) is 2.39. The molecular formula is C15H12F2O2. The van der Waals surface area contributed by atoms with Gasteiger partial charge in [-0.25, -0.2) is 8.78 Å². The summed E-state index contributed by atoms with van der Waals surface area (Å²) in [5, 5.41) is 9.24. The van der Waals surface area contributed by atoms with Gasteiger partial charge < -0.3 is 5.11 Å². The highest BCUT2D eigenvalue weighted by molar-refractivity contribution is 5.76. The van der Waals surface area contributed by atoms with Crippen molar-refractivity contribution in [2.75, 3.05) is 0 Å². The standard InChI is InChI=1S/C15H12F2O2/c16-12-5-1-10(2-6-12)9-14(15(18)19)11-3-7-13(17)8-4-11/h1-8,14H,9H2,(H,18,19)/t14-/m0/s1. The lowest BCUT2D eigenvalue weighted by atomic mass is 9.92. The van der Waals surface area contributed by atoms with Crippen molar-refractivity contribution in [2.24, 2.45) is 0 Å². The fraction of sp³-hybridized carbons (Fsp3) is 0.133. The fourth-order valence-electron chi connectivity index (χ4n) is 1.90. The van der Waals surface area contributed by atoms with Crippen LogP contribution in [-0.4, -0.2) is 11.1 Å². The Morgan fingerprint density at radius 1 is 0.947 bits per heavy atom. The number of hydrogen-bond donors (Lipinski definition) is 1. The van der Waals surface area contributed by atoms with Crippen molar-refractivity contribution in [3.05, 3.63) is 71.3 Å².